The fraction of sp³-hybridized carbons (Fsp3) is 1.00. The molecular weight excluding hydrogens is 326 g/mol. The summed E-state index contributed by atoms with van der Waals surface area (Å²) in [6.07, 6.45) is 3.66. The molecule has 0 heterocycles. The van der Waals surface area contributed by atoms with Gasteiger partial charge in [-0.1, -0.05) is 0 Å². The van der Waals surface area contributed by atoms with E-state index in [9.17, 15) is 0 Å². The van der Waals surface area contributed by atoms with Crippen molar-refractivity contribution in [3.05, 3.63) is 0 Å². The van der Waals surface area contributed by atoms with Crippen molar-refractivity contribution < 1.29 is 28.0 Å². The zero-order valence-electron chi connectivity index (χ0n) is 16.3. The molecule has 0 unspecified atom stereocenters. The maximum absolute atomic E-state index is 9.05. The molecule has 2 N–H and O–H groups in total. The molecule has 0 fully saturated rings. The number of unbranched alkanes of at least 4 members (excludes halogenated alkanes) is 2. The third kappa shape index (κ3) is 10.1. The van der Waals surface area contributed by atoms with E-state index in [1.54, 1.807) is 0 Å². The summed E-state index contributed by atoms with van der Waals surface area (Å²) in [6.45, 7) is 11.2. The number of nitrogens with zero attached hydrogens (tertiary/aromatic N) is 1. The van der Waals surface area contributed by atoms with E-state index in [0.717, 1.165) is 55.8 Å². The lowest BCUT2D eigenvalue weighted by Crippen LogP contribution is -2.53. The van der Waals surface area contributed by atoms with Crippen LogP contribution in [0.2, 0.25) is 6.04 Å². The fourth-order valence-electron chi connectivity index (χ4n) is 2.95. The molecule has 0 aromatic carbocycles. The Hall–Kier alpha value is -0.0231. The summed E-state index contributed by atoms with van der Waals surface area (Å²) in [5.74, 6) is 0. The molecule has 0 aromatic heterocycles. The second-order valence-corrected chi connectivity index (χ2v) is 9.12. The molecule has 6 nitrogen and oxygen atoms in total. The minimum Gasteiger partial charge on any atom is -0.396 e. The standard InChI is InChI=1S/C17H40NO5Si/c1-5-21-24(22-6-2,23-7-3)17-14-18(4,12-8-10-15-19)13-9-11-16-20/h19-20H,5-17H2,1-4H3/q+1. The van der Waals surface area contributed by atoms with Crippen LogP contribution in [0.1, 0.15) is 46.5 Å². The Labute approximate surface area is 149 Å². The van der Waals surface area contributed by atoms with Gasteiger partial charge in [-0.05, 0) is 46.5 Å². The molecule has 0 aliphatic heterocycles. The predicted octanol–water partition coefficient (Wildman–Crippen LogP) is 2.03. The van der Waals surface area contributed by atoms with Crippen LogP contribution in [0.15, 0.2) is 0 Å². The lowest BCUT2D eigenvalue weighted by Gasteiger charge is -2.37. The van der Waals surface area contributed by atoms with Crippen molar-refractivity contribution in [1.82, 2.24) is 0 Å². The fourth-order valence-corrected chi connectivity index (χ4v) is 5.77. The highest BCUT2D eigenvalue weighted by molar-refractivity contribution is 6.60. The van der Waals surface area contributed by atoms with Crippen LogP contribution in [0.25, 0.3) is 0 Å². The second kappa shape index (κ2) is 14.2. The molecule has 0 radical (unpaired) electrons. The highest BCUT2D eigenvalue weighted by atomic mass is 28.4. The van der Waals surface area contributed by atoms with Gasteiger partial charge in [0.15, 0.2) is 0 Å². The minimum absolute atomic E-state index is 0.242. The van der Waals surface area contributed by atoms with E-state index in [0.29, 0.717) is 19.8 Å². The van der Waals surface area contributed by atoms with Crippen molar-refractivity contribution in [3.8, 4) is 0 Å². The predicted molar refractivity (Wildman–Crippen MR) is 98.9 cm³/mol. The van der Waals surface area contributed by atoms with E-state index >= 15 is 0 Å². The van der Waals surface area contributed by atoms with Crippen molar-refractivity contribution in [2.24, 2.45) is 0 Å². The molecule has 0 aliphatic rings. The summed E-state index contributed by atoms with van der Waals surface area (Å²) < 4.78 is 18.8. The Morgan fingerprint density at radius 3 is 1.46 bits per heavy atom. The largest absolute Gasteiger partial charge is 0.506 e. The van der Waals surface area contributed by atoms with Gasteiger partial charge in [-0.25, -0.2) is 0 Å². The molecule has 0 amide bonds. The number of hydrogen-bond acceptors (Lipinski definition) is 5. The quantitative estimate of drug-likeness (QED) is 0.234. The van der Waals surface area contributed by atoms with Crippen molar-refractivity contribution in [2.45, 2.75) is 52.5 Å². The maximum Gasteiger partial charge on any atom is 0.506 e. The van der Waals surface area contributed by atoms with Crippen molar-refractivity contribution >= 4 is 8.80 Å². The van der Waals surface area contributed by atoms with E-state index in [1.165, 1.54) is 0 Å². The van der Waals surface area contributed by atoms with Gasteiger partial charge in [-0.3, -0.25) is 0 Å². The van der Waals surface area contributed by atoms with Crippen LogP contribution in [-0.4, -0.2) is 83.2 Å². The van der Waals surface area contributed by atoms with Crippen LogP contribution in [0, 0.1) is 0 Å². The maximum atomic E-state index is 9.05. The Morgan fingerprint density at radius 1 is 0.708 bits per heavy atom. The Morgan fingerprint density at radius 2 is 1.12 bits per heavy atom. The van der Waals surface area contributed by atoms with E-state index < -0.39 is 8.80 Å². The molecule has 0 aliphatic carbocycles. The molecule has 0 saturated heterocycles. The summed E-state index contributed by atoms with van der Waals surface area (Å²) in [5, 5.41) is 18.1. The van der Waals surface area contributed by atoms with Crippen molar-refractivity contribution in [3.63, 3.8) is 0 Å². The normalized spacial score (nSPS) is 12.8. The van der Waals surface area contributed by atoms with Crippen LogP contribution >= 0.6 is 0 Å². The third-order valence-corrected chi connectivity index (χ3v) is 7.28. The Balaban J connectivity index is 4.85. The van der Waals surface area contributed by atoms with Gasteiger partial charge in [0.1, 0.15) is 0 Å². The average molecular weight is 367 g/mol. The summed E-state index contributed by atoms with van der Waals surface area (Å²) in [7, 11) is -0.367. The lowest BCUT2D eigenvalue weighted by atomic mass is 10.2. The van der Waals surface area contributed by atoms with Crippen LogP contribution in [0.4, 0.5) is 0 Å². The topological polar surface area (TPSA) is 68.2 Å². The van der Waals surface area contributed by atoms with Gasteiger partial charge in [0.05, 0.1) is 32.7 Å². The zero-order valence-corrected chi connectivity index (χ0v) is 17.3. The first-order valence-electron chi connectivity index (χ1n) is 9.48. The van der Waals surface area contributed by atoms with Gasteiger partial charge >= 0.3 is 8.80 Å². The first-order chi connectivity index (χ1) is 11.5. The van der Waals surface area contributed by atoms with Crippen LogP contribution in [0.5, 0.6) is 0 Å². The van der Waals surface area contributed by atoms with Crippen LogP contribution in [0.3, 0.4) is 0 Å². The molecule has 0 bridgehead atoms. The smallest absolute Gasteiger partial charge is 0.396 e. The number of hydrogen-bond donors (Lipinski definition) is 2. The van der Waals surface area contributed by atoms with Gasteiger partial charge in [0.25, 0.3) is 0 Å². The number of aliphatic hydroxyl groups excluding tert-OH is 2. The molecular formula is C17H40NO5Si+. The van der Waals surface area contributed by atoms with E-state index in [2.05, 4.69) is 7.05 Å². The molecule has 0 rings (SSSR count). The molecule has 7 heteroatoms. The van der Waals surface area contributed by atoms with Gasteiger partial charge < -0.3 is 28.0 Å². The van der Waals surface area contributed by atoms with E-state index in [-0.39, 0.29) is 13.2 Å². The molecule has 0 aromatic rings. The van der Waals surface area contributed by atoms with Crippen molar-refractivity contribution in [2.75, 3.05) is 59.7 Å². The van der Waals surface area contributed by atoms with Crippen LogP contribution < -0.4 is 0 Å². The molecule has 146 valence electrons. The van der Waals surface area contributed by atoms with Crippen LogP contribution in [-0.2, 0) is 13.3 Å². The van der Waals surface area contributed by atoms with Gasteiger partial charge in [0.2, 0.25) is 0 Å². The Bertz CT molecular complexity index is 267. The second-order valence-electron chi connectivity index (χ2n) is 6.38. The van der Waals surface area contributed by atoms with Gasteiger partial charge in [-0.2, -0.15) is 0 Å². The highest BCUT2D eigenvalue weighted by Gasteiger charge is 2.42. The Kier molecular flexibility index (Phi) is 14.2. The molecule has 24 heavy (non-hydrogen) atoms. The third-order valence-electron chi connectivity index (χ3n) is 4.26. The first kappa shape index (κ1) is 24.0. The van der Waals surface area contributed by atoms with Crippen molar-refractivity contribution in [1.29, 1.82) is 0 Å². The SMILES string of the molecule is CCO[Si](CC[N+](C)(CCCCO)CCCCO)(OCC)OCC. The van der Waals surface area contributed by atoms with E-state index in [4.69, 9.17) is 23.5 Å². The molecule has 0 atom stereocenters. The molecule has 0 spiro atoms. The monoisotopic (exact) mass is 366 g/mol. The summed E-state index contributed by atoms with van der Waals surface area (Å²) >= 11 is 0. The molecule has 0 saturated carbocycles. The van der Waals surface area contributed by atoms with E-state index in [1.807, 2.05) is 20.8 Å². The zero-order chi connectivity index (χ0) is 18.3. The summed E-state index contributed by atoms with van der Waals surface area (Å²) in [5.41, 5.74) is 0. The number of quaternary nitrogens is 1. The minimum atomic E-state index is -2.61. The number of rotatable bonds is 17. The first-order valence-corrected chi connectivity index (χ1v) is 11.4. The summed E-state index contributed by atoms with van der Waals surface area (Å²) in [6, 6.07) is 0.803. The van der Waals surface area contributed by atoms with Gasteiger partial charge in [0, 0.05) is 33.0 Å². The average Bonchev–Trinajstić information content (AvgIpc) is 2.55. The lowest BCUT2D eigenvalue weighted by molar-refractivity contribution is -0.908. The summed E-state index contributed by atoms with van der Waals surface area (Å²) in [4.78, 5) is 0. The number of aliphatic hydroxyl groups is 2. The highest BCUT2D eigenvalue weighted by Crippen LogP contribution is 2.20. The van der Waals surface area contributed by atoms with Gasteiger partial charge in [-0.15, -0.1) is 0 Å².